The van der Waals surface area contributed by atoms with Crippen LogP contribution in [0.1, 0.15) is 11.4 Å². The van der Waals surface area contributed by atoms with E-state index in [0.717, 1.165) is 11.4 Å². The van der Waals surface area contributed by atoms with Gasteiger partial charge in [-0.3, -0.25) is 4.79 Å². The summed E-state index contributed by atoms with van der Waals surface area (Å²) < 4.78 is 5.07. The van der Waals surface area contributed by atoms with Crippen LogP contribution >= 0.6 is 0 Å². The van der Waals surface area contributed by atoms with Crippen molar-refractivity contribution < 1.29 is 9.53 Å². The minimum absolute atomic E-state index is 0.152. The number of ether oxygens (including phenoxy) is 1. The minimum Gasteiger partial charge on any atom is -0.494 e. The van der Waals surface area contributed by atoms with Crippen molar-refractivity contribution >= 4 is 12.0 Å². The number of hydrogen-bond donors (Lipinski definition) is 2. The minimum atomic E-state index is -0.152. The fourth-order valence-corrected chi connectivity index (χ4v) is 1.47. The van der Waals surface area contributed by atoms with E-state index in [1.807, 2.05) is 25.1 Å². The standard InChI is InChI=1S/C11H12N2O2/c1-7-3-4-8(12-7)5-9-10(15-2)6-11(14)13-9/h3-6,12H,1-2H3,(H,13,14)/b9-5+. The van der Waals surface area contributed by atoms with Gasteiger partial charge in [-0.2, -0.15) is 0 Å². The van der Waals surface area contributed by atoms with E-state index in [1.165, 1.54) is 6.08 Å². The van der Waals surface area contributed by atoms with E-state index >= 15 is 0 Å². The first-order valence-corrected chi connectivity index (χ1v) is 4.63. The van der Waals surface area contributed by atoms with E-state index < -0.39 is 0 Å². The van der Waals surface area contributed by atoms with Crippen molar-refractivity contribution in [2.75, 3.05) is 7.11 Å². The molecule has 0 atom stereocenters. The molecule has 0 aromatic carbocycles. The molecule has 2 N–H and O–H groups in total. The third kappa shape index (κ3) is 1.93. The number of rotatable bonds is 2. The molecule has 4 nitrogen and oxygen atoms in total. The van der Waals surface area contributed by atoms with Gasteiger partial charge in [0.05, 0.1) is 12.8 Å². The molecule has 15 heavy (non-hydrogen) atoms. The maximum Gasteiger partial charge on any atom is 0.252 e. The van der Waals surface area contributed by atoms with Gasteiger partial charge >= 0.3 is 0 Å². The van der Waals surface area contributed by atoms with E-state index in [0.29, 0.717) is 11.5 Å². The molecule has 78 valence electrons. The Morgan fingerprint density at radius 3 is 2.80 bits per heavy atom. The summed E-state index contributed by atoms with van der Waals surface area (Å²) in [5.41, 5.74) is 2.70. The van der Waals surface area contributed by atoms with Crippen LogP contribution in [-0.4, -0.2) is 18.0 Å². The lowest BCUT2D eigenvalue weighted by atomic mass is 10.3. The number of hydrogen-bond acceptors (Lipinski definition) is 2. The summed E-state index contributed by atoms with van der Waals surface area (Å²) >= 11 is 0. The third-order valence-corrected chi connectivity index (χ3v) is 2.16. The summed E-state index contributed by atoms with van der Waals surface area (Å²) in [4.78, 5) is 14.3. The van der Waals surface area contributed by atoms with Gasteiger partial charge in [0.15, 0.2) is 0 Å². The lowest BCUT2D eigenvalue weighted by Gasteiger charge is -2.02. The number of carbonyl (C=O) groups excluding carboxylic acids is 1. The fraction of sp³-hybridized carbons (Fsp3) is 0.182. The molecule has 0 radical (unpaired) electrons. The highest BCUT2D eigenvalue weighted by atomic mass is 16.5. The highest BCUT2D eigenvalue weighted by Gasteiger charge is 2.17. The van der Waals surface area contributed by atoms with Gasteiger partial charge in [-0.05, 0) is 25.1 Å². The molecule has 0 spiro atoms. The van der Waals surface area contributed by atoms with Gasteiger partial charge in [-0.25, -0.2) is 0 Å². The predicted molar refractivity (Wildman–Crippen MR) is 56.7 cm³/mol. The van der Waals surface area contributed by atoms with Crippen LogP contribution in [0.2, 0.25) is 0 Å². The summed E-state index contributed by atoms with van der Waals surface area (Å²) in [5.74, 6) is 0.411. The molecule has 0 saturated carbocycles. The third-order valence-electron chi connectivity index (χ3n) is 2.16. The van der Waals surface area contributed by atoms with Gasteiger partial charge < -0.3 is 15.0 Å². The smallest absolute Gasteiger partial charge is 0.252 e. The number of aromatic amines is 1. The first kappa shape index (κ1) is 9.58. The molecule has 0 saturated heterocycles. The zero-order chi connectivity index (χ0) is 10.8. The van der Waals surface area contributed by atoms with Crippen molar-refractivity contribution in [1.29, 1.82) is 0 Å². The lowest BCUT2D eigenvalue weighted by Crippen LogP contribution is -2.13. The van der Waals surface area contributed by atoms with Gasteiger partial charge in [0, 0.05) is 17.5 Å². The summed E-state index contributed by atoms with van der Waals surface area (Å²) in [6.07, 6.45) is 3.27. The molecule has 0 bridgehead atoms. The van der Waals surface area contributed by atoms with Crippen LogP contribution in [-0.2, 0) is 9.53 Å². The number of nitrogens with one attached hydrogen (secondary N) is 2. The molecule has 0 unspecified atom stereocenters. The Balaban J connectivity index is 2.28. The molecule has 4 heteroatoms. The van der Waals surface area contributed by atoms with Crippen LogP contribution in [0.3, 0.4) is 0 Å². The topological polar surface area (TPSA) is 54.1 Å². The molecule has 1 aliphatic heterocycles. The summed E-state index contributed by atoms with van der Waals surface area (Å²) in [7, 11) is 1.54. The number of aromatic nitrogens is 1. The largest absolute Gasteiger partial charge is 0.494 e. The molecule has 1 aliphatic rings. The molecule has 0 fully saturated rings. The maximum atomic E-state index is 11.1. The lowest BCUT2D eigenvalue weighted by molar-refractivity contribution is -0.115. The first-order chi connectivity index (χ1) is 7.19. The van der Waals surface area contributed by atoms with E-state index in [4.69, 9.17) is 4.74 Å². The SMILES string of the molecule is COC1=CC(=O)N/C1=C/c1ccc(C)[nH]1. The Bertz CT molecular complexity index is 455. The number of H-pyrrole nitrogens is 1. The Hall–Kier alpha value is -1.97. The molecule has 0 aliphatic carbocycles. The second kappa shape index (κ2) is 3.65. The molecule has 1 aromatic rings. The number of carbonyl (C=O) groups is 1. The van der Waals surface area contributed by atoms with Crippen LogP contribution in [0.25, 0.3) is 6.08 Å². The van der Waals surface area contributed by atoms with Crippen molar-refractivity contribution in [3.8, 4) is 0 Å². The Labute approximate surface area is 87.6 Å². The van der Waals surface area contributed by atoms with Gasteiger partial charge in [0.25, 0.3) is 5.91 Å². The molecule has 1 amide bonds. The second-order valence-electron chi connectivity index (χ2n) is 3.36. The van der Waals surface area contributed by atoms with Crippen molar-refractivity contribution in [3.63, 3.8) is 0 Å². The van der Waals surface area contributed by atoms with Gasteiger partial charge in [0.2, 0.25) is 0 Å². The molecule has 2 rings (SSSR count). The Morgan fingerprint density at radius 1 is 1.40 bits per heavy atom. The van der Waals surface area contributed by atoms with E-state index in [1.54, 1.807) is 7.11 Å². The zero-order valence-corrected chi connectivity index (χ0v) is 8.63. The van der Waals surface area contributed by atoms with Crippen LogP contribution in [0, 0.1) is 6.92 Å². The van der Waals surface area contributed by atoms with Crippen LogP contribution < -0.4 is 5.32 Å². The zero-order valence-electron chi connectivity index (χ0n) is 8.63. The van der Waals surface area contributed by atoms with Crippen LogP contribution in [0.15, 0.2) is 29.7 Å². The van der Waals surface area contributed by atoms with Gasteiger partial charge in [0.1, 0.15) is 5.76 Å². The quantitative estimate of drug-likeness (QED) is 0.763. The average molecular weight is 204 g/mol. The molecule has 1 aromatic heterocycles. The molecule has 2 heterocycles. The summed E-state index contributed by atoms with van der Waals surface area (Å²) in [6, 6.07) is 3.92. The number of amides is 1. The van der Waals surface area contributed by atoms with Gasteiger partial charge in [-0.1, -0.05) is 0 Å². The van der Waals surface area contributed by atoms with Crippen LogP contribution in [0.4, 0.5) is 0 Å². The predicted octanol–water partition coefficient (Wildman–Crippen LogP) is 1.32. The van der Waals surface area contributed by atoms with Crippen molar-refractivity contribution in [3.05, 3.63) is 41.1 Å². The molecular formula is C11H12N2O2. The Morgan fingerprint density at radius 2 is 2.20 bits per heavy atom. The van der Waals surface area contributed by atoms with E-state index in [9.17, 15) is 4.79 Å². The fourth-order valence-electron chi connectivity index (χ4n) is 1.47. The highest BCUT2D eigenvalue weighted by Crippen LogP contribution is 2.17. The monoisotopic (exact) mass is 204 g/mol. The van der Waals surface area contributed by atoms with Crippen molar-refractivity contribution in [2.45, 2.75) is 6.92 Å². The van der Waals surface area contributed by atoms with Crippen molar-refractivity contribution in [2.24, 2.45) is 0 Å². The summed E-state index contributed by atoms with van der Waals surface area (Å²) in [5, 5.41) is 2.70. The first-order valence-electron chi connectivity index (χ1n) is 4.63. The van der Waals surface area contributed by atoms with E-state index in [-0.39, 0.29) is 5.91 Å². The number of aryl methyl sites for hydroxylation is 1. The average Bonchev–Trinajstić information content (AvgIpc) is 2.73. The Kier molecular flexibility index (Phi) is 2.33. The normalized spacial score (nSPS) is 17.9. The number of methoxy groups -OCH3 is 1. The summed E-state index contributed by atoms with van der Waals surface area (Å²) in [6.45, 7) is 1.97. The second-order valence-corrected chi connectivity index (χ2v) is 3.36. The van der Waals surface area contributed by atoms with Crippen molar-refractivity contribution in [1.82, 2.24) is 10.3 Å². The maximum absolute atomic E-state index is 11.1. The molecular weight excluding hydrogens is 192 g/mol. The highest BCUT2D eigenvalue weighted by molar-refractivity contribution is 5.95. The van der Waals surface area contributed by atoms with E-state index in [2.05, 4.69) is 10.3 Å². The van der Waals surface area contributed by atoms with Crippen LogP contribution in [0.5, 0.6) is 0 Å². The van der Waals surface area contributed by atoms with Gasteiger partial charge in [-0.15, -0.1) is 0 Å².